The summed E-state index contributed by atoms with van der Waals surface area (Å²) in [6.45, 7) is 3.44. The van der Waals surface area contributed by atoms with Crippen LogP contribution in [0.15, 0.2) is 24.3 Å². The summed E-state index contributed by atoms with van der Waals surface area (Å²) in [7, 11) is 0. The lowest BCUT2D eigenvalue weighted by atomic mass is 9.87. The van der Waals surface area contributed by atoms with E-state index < -0.39 is 11.5 Å². The normalized spacial score (nSPS) is 19.8. The Morgan fingerprint density at radius 3 is 2.65 bits per heavy atom. The van der Waals surface area contributed by atoms with Crippen molar-refractivity contribution >= 4 is 5.97 Å². The molecule has 0 fully saturated rings. The van der Waals surface area contributed by atoms with Gasteiger partial charge >= 0.3 is 5.97 Å². The summed E-state index contributed by atoms with van der Waals surface area (Å²) in [5, 5.41) is 12.3. The van der Waals surface area contributed by atoms with Gasteiger partial charge in [0.2, 0.25) is 0 Å². The van der Waals surface area contributed by atoms with Crippen molar-refractivity contribution in [1.29, 1.82) is 0 Å². The lowest BCUT2D eigenvalue weighted by molar-refractivity contribution is -0.143. The fourth-order valence-electron chi connectivity index (χ4n) is 2.39. The zero-order valence-corrected chi connectivity index (χ0v) is 10.4. The van der Waals surface area contributed by atoms with Gasteiger partial charge in [0.05, 0.1) is 0 Å². The largest absolute Gasteiger partial charge is 0.480 e. The number of nitrogens with one attached hydrogen (secondary N) is 1. The molecular weight excluding hydrogens is 214 g/mol. The molecule has 2 rings (SSSR count). The van der Waals surface area contributed by atoms with E-state index in [-0.39, 0.29) is 6.04 Å². The number of aryl methyl sites for hydroxylation is 1. The number of benzene rings is 1. The van der Waals surface area contributed by atoms with Gasteiger partial charge in [-0.15, -0.1) is 0 Å². The molecule has 0 bridgehead atoms. The summed E-state index contributed by atoms with van der Waals surface area (Å²) in [5.41, 5.74) is 1.90. The number of fused-ring (bicyclic) bond motifs is 1. The molecule has 0 heterocycles. The quantitative estimate of drug-likeness (QED) is 0.839. The molecule has 0 radical (unpaired) electrons. The second-order valence-corrected chi connectivity index (χ2v) is 5.28. The molecule has 3 heteroatoms. The van der Waals surface area contributed by atoms with E-state index in [1.54, 1.807) is 13.8 Å². The van der Waals surface area contributed by atoms with E-state index in [1.165, 1.54) is 11.1 Å². The Labute approximate surface area is 102 Å². The smallest absolute Gasteiger partial charge is 0.323 e. The van der Waals surface area contributed by atoms with Crippen LogP contribution in [0.4, 0.5) is 0 Å². The van der Waals surface area contributed by atoms with Crippen LogP contribution < -0.4 is 5.32 Å². The number of carboxylic acids is 1. The third-order valence-electron chi connectivity index (χ3n) is 3.45. The monoisotopic (exact) mass is 233 g/mol. The van der Waals surface area contributed by atoms with Crippen molar-refractivity contribution in [2.24, 2.45) is 0 Å². The van der Waals surface area contributed by atoms with Crippen molar-refractivity contribution in [1.82, 2.24) is 5.32 Å². The van der Waals surface area contributed by atoms with Gasteiger partial charge in [0.25, 0.3) is 0 Å². The third-order valence-corrected chi connectivity index (χ3v) is 3.45. The fraction of sp³-hybridized carbons (Fsp3) is 0.500. The van der Waals surface area contributed by atoms with Crippen LogP contribution in [0.25, 0.3) is 0 Å². The summed E-state index contributed by atoms with van der Waals surface area (Å²) in [4.78, 5) is 11.1. The van der Waals surface area contributed by atoms with Crippen LogP contribution >= 0.6 is 0 Å². The van der Waals surface area contributed by atoms with Gasteiger partial charge in [-0.25, -0.2) is 0 Å². The van der Waals surface area contributed by atoms with Gasteiger partial charge in [0, 0.05) is 6.04 Å². The Kier molecular flexibility index (Phi) is 3.20. The molecule has 1 aromatic carbocycles. The van der Waals surface area contributed by atoms with Crippen molar-refractivity contribution in [2.75, 3.05) is 0 Å². The highest BCUT2D eigenvalue weighted by Gasteiger charge is 2.31. The lowest BCUT2D eigenvalue weighted by Gasteiger charge is -2.32. The molecule has 1 unspecified atom stereocenters. The van der Waals surface area contributed by atoms with Gasteiger partial charge < -0.3 is 5.11 Å². The van der Waals surface area contributed by atoms with E-state index in [2.05, 4.69) is 23.5 Å². The zero-order chi connectivity index (χ0) is 12.5. The number of hydrogen-bond donors (Lipinski definition) is 2. The van der Waals surface area contributed by atoms with E-state index in [0.717, 1.165) is 19.3 Å². The minimum absolute atomic E-state index is 0.260. The molecule has 0 aromatic heterocycles. The van der Waals surface area contributed by atoms with Crippen LogP contribution in [0.3, 0.4) is 0 Å². The summed E-state index contributed by atoms with van der Waals surface area (Å²) in [5.74, 6) is -0.795. The molecule has 0 amide bonds. The van der Waals surface area contributed by atoms with Crippen LogP contribution in [0.2, 0.25) is 0 Å². The highest BCUT2D eigenvalue weighted by Crippen LogP contribution is 2.22. The first-order valence-electron chi connectivity index (χ1n) is 6.07. The van der Waals surface area contributed by atoms with Crippen LogP contribution in [0.5, 0.6) is 0 Å². The van der Waals surface area contributed by atoms with Crippen LogP contribution in [0, 0.1) is 0 Å². The van der Waals surface area contributed by atoms with Crippen molar-refractivity contribution in [3.05, 3.63) is 35.4 Å². The molecule has 0 saturated carbocycles. The number of carbonyl (C=O) groups is 1. The SMILES string of the molecule is CC(C)(NC1CCc2ccccc2C1)C(=O)O. The number of rotatable bonds is 3. The molecule has 0 spiro atoms. The summed E-state index contributed by atoms with van der Waals surface area (Å²) in [6, 6.07) is 8.67. The van der Waals surface area contributed by atoms with Crippen LogP contribution in [0.1, 0.15) is 31.4 Å². The van der Waals surface area contributed by atoms with Gasteiger partial charge in [-0.2, -0.15) is 0 Å². The van der Waals surface area contributed by atoms with Crippen LogP contribution in [-0.4, -0.2) is 22.7 Å². The molecule has 1 aliphatic rings. The Balaban J connectivity index is 2.06. The maximum absolute atomic E-state index is 11.1. The third kappa shape index (κ3) is 2.67. The zero-order valence-electron chi connectivity index (χ0n) is 10.4. The van der Waals surface area contributed by atoms with E-state index in [1.807, 2.05) is 6.07 Å². The topological polar surface area (TPSA) is 49.3 Å². The molecule has 0 aliphatic heterocycles. The van der Waals surface area contributed by atoms with Gasteiger partial charge in [0.1, 0.15) is 5.54 Å². The van der Waals surface area contributed by atoms with Gasteiger partial charge in [-0.3, -0.25) is 10.1 Å². The number of hydrogen-bond acceptors (Lipinski definition) is 2. The maximum Gasteiger partial charge on any atom is 0.323 e. The van der Waals surface area contributed by atoms with E-state index in [4.69, 9.17) is 5.11 Å². The van der Waals surface area contributed by atoms with Gasteiger partial charge in [-0.1, -0.05) is 24.3 Å². The predicted molar refractivity (Wildman–Crippen MR) is 67.1 cm³/mol. The minimum atomic E-state index is -0.850. The minimum Gasteiger partial charge on any atom is -0.480 e. The van der Waals surface area contributed by atoms with Crippen molar-refractivity contribution in [2.45, 2.75) is 44.7 Å². The van der Waals surface area contributed by atoms with E-state index >= 15 is 0 Å². The lowest BCUT2D eigenvalue weighted by Crippen LogP contribution is -2.53. The fourth-order valence-corrected chi connectivity index (χ4v) is 2.39. The maximum atomic E-state index is 11.1. The Morgan fingerprint density at radius 1 is 1.35 bits per heavy atom. The average molecular weight is 233 g/mol. The van der Waals surface area contributed by atoms with Gasteiger partial charge in [0.15, 0.2) is 0 Å². The highest BCUT2D eigenvalue weighted by molar-refractivity contribution is 5.77. The van der Waals surface area contributed by atoms with Crippen molar-refractivity contribution in [3.8, 4) is 0 Å². The molecule has 17 heavy (non-hydrogen) atoms. The van der Waals surface area contributed by atoms with E-state index in [0.29, 0.717) is 0 Å². The average Bonchev–Trinajstić information content (AvgIpc) is 2.28. The molecule has 3 nitrogen and oxygen atoms in total. The first-order chi connectivity index (χ1) is 7.99. The Hall–Kier alpha value is -1.35. The Morgan fingerprint density at radius 2 is 2.00 bits per heavy atom. The molecule has 1 atom stereocenters. The molecule has 0 saturated heterocycles. The Bertz CT molecular complexity index is 426. The highest BCUT2D eigenvalue weighted by atomic mass is 16.4. The standard InChI is InChI=1S/C14H19NO2/c1-14(2,13(16)17)15-12-8-7-10-5-3-4-6-11(10)9-12/h3-6,12,15H,7-9H2,1-2H3,(H,16,17). The second kappa shape index (κ2) is 4.49. The summed E-state index contributed by atoms with van der Waals surface area (Å²) < 4.78 is 0. The van der Waals surface area contributed by atoms with Crippen LogP contribution in [-0.2, 0) is 17.6 Å². The van der Waals surface area contributed by atoms with E-state index in [9.17, 15) is 4.79 Å². The first-order valence-corrected chi connectivity index (χ1v) is 6.07. The molecule has 1 aliphatic carbocycles. The molecule has 1 aromatic rings. The summed E-state index contributed by atoms with van der Waals surface area (Å²) >= 11 is 0. The summed E-state index contributed by atoms with van der Waals surface area (Å²) in [6.07, 6.45) is 2.96. The predicted octanol–water partition coefficient (Wildman–Crippen LogP) is 2.00. The first kappa shape index (κ1) is 12.1. The molecule has 2 N–H and O–H groups in total. The molecule has 92 valence electrons. The number of carboxylic acid groups (broad SMARTS) is 1. The molecular formula is C14H19NO2. The van der Waals surface area contributed by atoms with Crippen molar-refractivity contribution < 1.29 is 9.90 Å². The number of aliphatic carboxylic acids is 1. The van der Waals surface area contributed by atoms with Gasteiger partial charge in [-0.05, 0) is 44.2 Å². The van der Waals surface area contributed by atoms with Crippen molar-refractivity contribution in [3.63, 3.8) is 0 Å². The second-order valence-electron chi connectivity index (χ2n) is 5.28.